The van der Waals surface area contributed by atoms with Crippen molar-refractivity contribution in [1.29, 1.82) is 0 Å². The minimum Gasteiger partial charge on any atom is -0.328 e. The van der Waals surface area contributed by atoms with E-state index in [2.05, 4.69) is 36.1 Å². The molecule has 1 amide bonds. The summed E-state index contributed by atoms with van der Waals surface area (Å²) in [4.78, 5) is 16.7. The van der Waals surface area contributed by atoms with Crippen LogP contribution < -0.4 is 0 Å². The van der Waals surface area contributed by atoms with Crippen LogP contribution in [0.4, 0.5) is 0 Å². The van der Waals surface area contributed by atoms with E-state index in [1.165, 1.54) is 5.57 Å². The maximum Gasteiger partial charge on any atom is 0.274 e. The molecule has 0 aromatic rings. The van der Waals surface area contributed by atoms with E-state index in [4.69, 9.17) is 0 Å². The van der Waals surface area contributed by atoms with Crippen LogP contribution in [-0.4, -0.2) is 35.6 Å². The molecule has 0 fully saturated rings. The molecule has 3 rings (SSSR count). The molecule has 3 nitrogen and oxygen atoms in total. The first kappa shape index (κ1) is 19.8. The predicted octanol–water partition coefficient (Wildman–Crippen LogP) is 5.01. The maximum absolute atomic E-state index is 13.1. The number of carbonyl (C=O) groups excluding carboxylic acids is 1. The van der Waals surface area contributed by atoms with Crippen LogP contribution in [0.3, 0.4) is 0 Å². The molecule has 0 unspecified atom stereocenters. The molecule has 28 heavy (non-hydrogen) atoms. The molecule has 0 saturated heterocycles. The molecule has 142 valence electrons. The van der Waals surface area contributed by atoms with Crippen LogP contribution in [0.25, 0.3) is 0 Å². The average molecular weight is 389 g/mol. The smallest absolute Gasteiger partial charge is 0.274 e. The van der Waals surface area contributed by atoms with Crippen molar-refractivity contribution in [3.05, 3.63) is 113 Å². The minimum atomic E-state index is -0.0509. The molecule has 0 bridgehead atoms. The lowest BCUT2D eigenvalue weighted by molar-refractivity contribution is -0.125. The van der Waals surface area contributed by atoms with Crippen LogP contribution in [0.2, 0.25) is 0 Å². The Kier molecular flexibility index (Phi) is 6.96. The first-order chi connectivity index (χ1) is 13.7. The zero-order chi connectivity index (χ0) is 19.8. The van der Waals surface area contributed by atoms with Crippen molar-refractivity contribution < 1.29 is 4.79 Å². The Bertz CT molecular complexity index is 932. The molecule has 0 atom stereocenters. The highest BCUT2D eigenvalue weighted by atomic mass is 32.2. The van der Waals surface area contributed by atoms with E-state index < -0.39 is 0 Å². The average Bonchev–Trinajstić information content (AvgIpc) is 2.95. The summed E-state index contributed by atoms with van der Waals surface area (Å²) in [5.41, 5.74) is 6.02. The molecular formula is C24H24N2OS. The molecule has 1 aliphatic heterocycles. The second-order valence-corrected chi connectivity index (χ2v) is 7.37. The molecule has 0 spiro atoms. The number of amides is 1. The zero-order valence-electron chi connectivity index (χ0n) is 16.2. The van der Waals surface area contributed by atoms with Gasteiger partial charge >= 0.3 is 0 Å². The highest BCUT2D eigenvalue weighted by Crippen LogP contribution is 2.28. The molecule has 1 heterocycles. The minimum absolute atomic E-state index is 0.0509. The second kappa shape index (κ2) is 9.84. The largest absolute Gasteiger partial charge is 0.328 e. The van der Waals surface area contributed by atoms with Crippen LogP contribution in [0.15, 0.2) is 113 Å². The molecule has 0 aromatic carbocycles. The van der Waals surface area contributed by atoms with Gasteiger partial charge in [0.05, 0.1) is 0 Å². The number of likely N-dealkylation sites (N-methyl/N-ethyl adjacent to an activating group) is 2. The summed E-state index contributed by atoms with van der Waals surface area (Å²) in [6, 6.07) is 0. The van der Waals surface area contributed by atoms with Crippen molar-refractivity contribution in [2.75, 3.05) is 19.8 Å². The van der Waals surface area contributed by atoms with Crippen LogP contribution in [0, 0.1) is 0 Å². The fourth-order valence-electron chi connectivity index (χ4n) is 2.81. The third-order valence-electron chi connectivity index (χ3n) is 4.45. The van der Waals surface area contributed by atoms with E-state index in [0.29, 0.717) is 5.70 Å². The summed E-state index contributed by atoms with van der Waals surface area (Å²) in [6.07, 6.45) is 28.8. The van der Waals surface area contributed by atoms with Crippen molar-refractivity contribution in [3.8, 4) is 0 Å². The normalized spacial score (nSPS) is 23.3. The van der Waals surface area contributed by atoms with E-state index >= 15 is 0 Å². The van der Waals surface area contributed by atoms with Crippen molar-refractivity contribution in [1.82, 2.24) is 9.80 Å². The van der Waals surface area contributed by atoms with Gasteiger partial charge in [0.25, 0.3) is 5.91 Å². The van der Waals surface area contributed by atoms with E-state index in [-0.39, 0.29) is 5.91 Å². The fraction of sp³-hybridized carbons (Fsp3) is 0.167. The standard InChI is InChI=1S/C24H24N2OS/c1-25(21-15-10-4-3-5-11-16-21)24(27)22-17-12-18-23(26(22)2)28-19-20-13-8-6-7-9-14-20/h3-8,10-17H,9,19H2,1-2H3/b4-3+,5-3?,10-4?,11-5+,15-10-,16-11?,21-15?,21-16+. The molecule has 0 aromatic heterocycles. The van der Waals surface area contributed by atoms with Crippen LogP contribution >= 0.6 is 11.8 Å². The van der Waals surface area contributed by atoms with E-state index in [9.17, 15) is 4.79 Å². The number of nitrogens with zero attached hydrogens (tertiary/aromatic N) is 2. The SMILES string of the molecule is CN1C(SCC2=CCC=CC=C2)=C=CC=C1C(=O)N(C)C1=C/C=C/C=C/C=C\1. The lowest BCUT2D eigenvalue weighted by atomic mass is 10.2. The number of allylic oxidation sites excluding steroid dienone is 14. The molecule has 0 radical (unpaired) electrons. The van der Waals surface area contributed by atoms with Gasteiger partial charge in [0.2, 0.25) is 0 Å². The summed E-state index contributed by atoms with van der Waals surface area (Å²) in [6.45, 7) is 0. The lowest BCUT2D eigenvalue weighted by Crippen LogP contribution is -2.33. The van der Waals surface area contributed by atoms with Gasteiger partial charge in [-0.2, -0.15) is 0 Å². The Morgan fingerprint density at radius 2 is 1.89 bits per heavy atom. The molecule has 3 aliphatic rings. The number of carbonyl (C=O) groups is 1. The van der Waals surface area contributed by atoms with E-state index in [1.807, 2.05) is 66.6 Å². The molecular weight excluding hydrogens is 364 g/mol. The van der Waals surface area contributed by atoms with Gasteiger partial charge in [-0.15, -0.1) is 0 Å². The second-order valence-electron chi connectivity index (χ2n) is 6.40. The Labute approximate surface area is 171 Å². The van der Waals surface area contributed by atoms with Gasteiger partial charge in [-0.3, -0.25) is 4.79 Å². The predicted molar refractivity (Wildman–Crippen MR) is 119 cm³/mol. The molecule has 0 N–H and O–H groups in total. The van der Waals surface area contributed by atoms with Gasteiger partial charge < -0.3 is 9.80 Å². The van der Waals surface area contributed by atoms with E-state index in [0.717, 1.165) is 22.9 Å². The van der Waals surface area contributed by atoms with Crippen molar-refractivity contribution in [2.24, 2.45) is 0 Å². The van der Waals surface area contributed by atoms with Gasteiger partial charge in [0.1, 0.15) is 10.7 Å². The molecule has 2 aliphatic carbocycles. The zero-order valence-corrected chi connectivity index (χ0v) is 17.0. The topological polar surface area (TPSA) is 23.6 Å². The quantitative estimate of drug-likeness (QED) is 0.619. The summed E-state index contributed by atoms with van der Waals surface area (Å²) in [5, 5.41) is 0.941. The first-order valence-electron chi connectivity index (χ1n) is 9.22. The van der Waals surface area contributed by atoms with Gasteiger partial charge in [0.15, 0.2) is 0 Å². The summed E-state index contributed by atoms with van der Waals surface area (Å²) in [7, 11) is 3.72. The third-order valence-corrected chi connectivity index (χ3v) is 5.60. The van der Waals surface area contributed by atoms with Crippen LogP contribution in [-0.2, 0) is 4.79 Å². The number of hydrogen-bond donors (Lipinski definition) is 0. The summed E-state index contributed by atoms with van der Waals surface area (Å²) in [5.74, 6) is 0.797. The summed E-state index contributed by atoms with van der Waals surface area (Å²) >= 11 is 1.69. The summed E-state index contributed by atoms with van der Waals surface area (Å²) < 4.78 is 0. The van der Waals surface area contributed by atoms with Gasteiger partial charge in [-0.05, 0) is 36.3 Å². The molecule has 0 saturated carbocycles. The Balaban J connectivity index is 1.67. The monoisotopic (exact) mass is 388 g/mol. The fourth-order valence-corrected chi connectivity index (χ4v) is 3.78. The number of hydrogen-bond acceptors (Lipinski definition) is 3. The van der Waals surface area contributed by atoms with Crippen molar-refractivity contribution in [3.63, 3.8) is 0 Å². The maximum atomic E-state index is 13.1. The van der Waals surface area contributed by atoms with Crippen molar-refractivity contribution >= 4 is 17.7 Å². The van der Waals surface area contributed by atoms with Gasteiger partial charge in [-0.1, -0.05) is 78.3 Å². The Morgan fingerprint density at radius 1 is 1.11 bits per heavy atom. The van der Waals surface area contributed by atoms with Crippen LogP contribution in [0.1, 0.15) is 6.42 Å². The van der Waals surface area contributed by atoms with Crippen LogP contribution in [0.5, 0.6) is 0 Å². The highest BCUT2D eigenvalue weighted by molar-refractivity contribution is 8.03. The van der Waals surface area contributed by atoms with E-state index in [1.54, 1.807) is 23.7 Å². The van der Waals surface area contributed by atoms with Gasteiger partial charge in [-0.25, -0.2) is 0 Å². The lowest BCUT2D eigenvalue weighted by Gasteiger charge is -2.28. The number of thioether (sulfide) groups is 1. The first-order valence-corrected chi connectivity index (χ1v) is 10.2. The highest BCUT2D eigenvalue weighted by Gasteiger charge is 2.23. The third kappa shape index (κ3) is 5.07. The number of rotatable bonds is 5. The van der Waals surface area contributed by atoms with Crippen molar-refractivity contribution in [2.45, 2.75) is 6.42 Å². The Morgan fingerprint density at radius 3 is 2.79 bits per heavy atom. The Hall–Kier alpha value is -2.94. The van der Waals surface area contributed by atoms with Gasteiger partial charge in [0, 0.05) is 25.5 Å². The molecule has 4 heteroatoms.